The van der Waals surface area contributed by atoms with Crippen LogP contribution in [0.15, 0.2) is 30.3 Å². The maximum Gasteiger partial charge on any atom is 0.250 e. The molecule has 4 heteroatoms. The van der Waals surface area contributed by atoms with Gasteiger partial charge in [-0.15, -0.1) is 0 Å². The van der Waals surface area contributed by atoms with Crippen LogP contribution in [-0.2, 0) is 14.9 Å². The largest absolute Gasteiger partial charge is 0.366 e. The van der Waals surface area contributed by atoms with Gasteiger partial charge in [0.1, 0.15) is 6.10 Å². The molecule has 1 heterocycles. The third-order valence-electron chi connectivity index (χ3n) is 5.02. The van der Waals surface area contributed by atoms with Crippen LogP contribution in [0.3, 0.4) is 0 Å². The second kappa shape index (κ2) is 7.25. The predicted molar refractivity (Wildman–Crippen MR) is 86.8 cm³/mol. The lowest BCUT2D eigenvalue weighted by atomic mass is 9.69. The molecule has 22 heavy (non-hydrogen) atoms. The van der Waals surface area contributed by atoms with E-state index >= 15 is 0 Å². The molecular weight excluding hydrogens is 276 g/mol. The van der Waals surface area contributed by atoms with E-state index in [-0.39, 0.29) is 17.4 Å². The molecule has 0 radical (unpaired) electrons. The second-order valence-corrected chi connectivity index (χ2v) is 6.49. The number of nitrogens with one attached hydrogen (secondary N) is 2. The molecule has 1 aliphatic carbocycles. The van der Waals surface area contributed by atoms with Crippen LogP contribution in [0.25, 0.3) is 0 Å². The number of morpholine rings is 1. The highest BCUT2D eigenvalue weighted by atomic mass is 16.5. The maximum atomic E-state index is 12.3. The van der Waals surface area contributed by atoms with Crippen molar-refractivity contribution in [2.24, 2.45) is 0 Å². The van der Waals surface area contributed by atoms with E-state index in [0.717, 1.165) is 25.9 Å². The molecule has 0 unspecified atom stereocenters. The summed E-state index contributed by atoms with van der Waals surface area (Å²) >= 11 is 0. The molecule has 1 saturated carbocycles. The van der Waals surface area contributed by atoms with Gasteiger partial charge in [-0.05, 0) is 18.4 Å². The second-order valence-electron chi connectivity index (χ2n) is 6.49. The van der Waals surface area contributed by atoms with Gasteiger partial charge in [0.15, 0.2) is 0 Å². The third kappa shape index (κ3) is 3.50. The molecule has 1 atom stereocenters. The van der Waals surface area contributed by atoms with Gasteiger partial charge in [-0.3, -0.25) is 4.79 Å². The first-order valence-electron chi connectivity index (χ1n) is 8.46. The molecule has 2 aliphatic rings. The van der Waals surface area contributed by atoms with Crippen LogP contribution in [0.2, 0.25) is 0 Å². The Balaban J connectivity index is 1.67. The van der Waals surface area contributed by atoms with Crippen LogP contribution in [0, 0.1) is 0 Å². The molecule has 0 aromatic heterocycles. The van der Waals surface area contributed by atoms with Crippen molar-refractivity contribution in [3.8, 4) is 0 Å². The van der Waals surface area contributed by atoms with E-state index in [9.17, 15) is 4.79 Å². The molecule has 2 N–H and O–H groups in total. The summed E-state index contributed by atoms with van der Waals surface area (Å²) in [7, 11) is 0. The standard InChI is InChI=1S/C18H26N2O2/c21-17(16-13-19-11-12-22-16)20-14-18(9-5-2-6-10-18)15-7-3-1-4-8-15/h1,3-4,7-8,16,19H,2,5-6,9-14H2,(H,20,21)/t16-/m0/s1. The molecule has 1 amide bonds. The van der Waals surface area contributed by atoms with E-state index in [1.54, 1.807) is 0 Å². The molecule has 0 spiro atoms. The van der Waals surface area contributed by atoms with Crippen molar-refractivity contribution in [3.05, 3.63) is 35.9 Å². The lowest BCUT2D eigenvalue weighted by molar-refractivity contribution is -0.134. The van der Waals surface area contributed by atoms with E-state index in [2.05, 4.69) is 41.0 Å². The van der Waals surface area contributed by atoms with Crippen LogP contribution in [-0.4, -0.2) is 38.3 Å². The number of amides is 1. The summed E-state index contributed by atoms with van der Waals surface area (Å²) < 4.78 is 5.54. The number of hydrogen-bond acceptors (Lipinski definition) is 3. The highest BCUT2D eigenvalue weighted by Crippen LogP contribution is 2.38. The van der Waals surface area contributed by atoms with Crippen molar-refractivity contribution in [2.45, 2.75) is 43.6 Å². The number of carbonyl (C=O) groups excluding carboxylic acids is 1. The number of benzene rings is 1. The molecule has 2 fully saturated rings. The molecule has 1 aromatic rings. The van der Waals surface area contributed by atoms with Crippen LogP contribution in [0.4, 0.5) is 0 Å². The normalized spacial score (nSPS) is 24.6. The SMILES string of the molecule is O=C(NCC1(c2ccccc2)CCCCC1)[C@@H]1CNCCO1. The van der Waals surface area contributed by atoms with Gasteiger partial charge in [0.2, 0.25) is 5.91 Å². The van der Waals surface area contributed by atoms with Gasteiger partial charge < -0.3 is 15.4 Å². The van der Waals surface area contributed by atoms with Crippen molar-refractivity contribution in [3.63, 3.8) is 0 Å². The highest BCUT2D eigenvalue weighted by molar-refractivity contribution is 5.81. The van der Waals surface area contributed by atoms with Gasteiger partial charge in [-0.2, -0.15) is 0 Å². The minimum atomic E-state index is -0.342. The predicted octanol–water partition coefficient (Wildman–Crippen LogP) is 1.99. The Morgan fingerprint density at radius 2 is 2.00 bits per heavy atom. The monoisotopic (exact) mass is 302 g/mol. The lowest BCUT2D eigenvalue weighted by Crippen LogP contribution is -2.51. The van der Waals surface area contributed by atoms with Crippen LogP contribution in [0.5, 0.6) is 0 Å². The maximum absolute atomic E-state index is 12.3. The summed E-state index contributed by atoms with van der Waals surface area (Å²) in [5.41, 5.74) is 1.45. The zero-order valence-electron chi connectivity index (χ0n) is 13.1. The Bertz CT molecular complexity index is 477. The Morgan fingerprint density at radius 3 is 2.68 bits per heavy atom. The Hall–Kier alpha value is -1.39. The Labute approximate surface area is 132 Å². The number of ether oxygens (including phenoxy) is 1. The fraction of sp³-hybridized carbons (Fsp3) is 0.611. The lowest BCUT2D eigenvalue weighted by Gasteiger charge is -2.38. The van der Waals surface area contributed by atoms with Crippen molar-refractivity contribution in [1.82, 2.24) is 10.6 Å². The molecule has 1 aromatic carbocycles. The summed E-state index contributed by atoms with van der Waals surface area (Å²) in [5.74, 6) is 0.0214. The fourth-order valence-corrected chi connectivity index (χ4v) is 3.69. The van der Waals surface area contributed by atoms with Crippen molar-refractivity contribution < 1.29 is 9.53 Å². The van der Waals surface area contributed by atoms with E-state index in [1.165, 1.54) is 24.8 Å². The van der Waals surface area contributed by atoms with Crippen LogP contribution < -0.4 is 10.6 Å². The van der Waals surface area contributed by atoms with Crippen LogP contribution >= 0.6 is 0 Å². The average molecular weight is 302 g/mol. The summed E-state index contributed by atoms with van der Waals surface area (Å²) in [5, 5.41) is 6.37. The van der Waals surface area contributed by atoms with Gasteiger partial charge in [0, 0.05) is 25.0 Å². The quantitative estimate of drug-likeness (QED) is 0.894. The van der Waals surface area contributed by atoms with Crippen molar-refractivity contribution >= 4 is 5.91 Å². The molecule has 1 aliphatic heterocycles. The molecule has 120 valence electrons. The number of hydrogen-bond donors (Lipinski definition) is 2. The first kappa shape index (κ1) is 15.5. The summed E-state index contributed by atoms with van der Waals surface area (Å²) in [6, 6.07) is 10.7. The fourth-order valence-electron chi connectivity index (χ4n) is 3.69. The minimum Gasteiger partial charge on any atom is -0.366 e. The third-order valence-corrected chi connectivity index (χ3v) is 5.02. The number of rotatable bonds is 4. The topological polar surface area (TPSA) is 50.4 Å². The van der Waals surface area contributed by atoms with E-state index in [0.29, 0.717) is 13.2 Å². The molecule has 4 nitrogen and oxygen atoms in total. The van der Waals surface area contributed by atoms with Crippen molar-refractivity contribution in [2.75, 3.05) is 26.2 Å². The Kier molecular flexibility index (Phi) is 5.11. The summed E-state index contributed by atoms with van der Waals surface area (Å²) in [6.07, 6.45) is 5.75. The Morgan fingerprint density at radius 1 is 1.23 bits per heavy atom. The first-order valence-corrected chi connectivity index (χ1v) is 8.46. The van der Waals surface area contributed by atoms with E-state index in [4.69, 9.17) is 4.74 Å². The first-order chi connectivity index (χ1) is 10.8. The smallest absolute Gasteiger partial charge is 0.250 e. The van der Waals surface area contributed by atoms with Gasteiger partial charge >= 0.3 is 0 Å². The molecular formula is C18H26N2O2. The molecule has 1 saturated heterocycles. The molecule has 0 bridgehead atoms. The van der Waals surface area contributed by atoms with Gasteiger partial charge in [0.05, 0.1) is 6.61 Å². The number of carbonyl (C=O) groups is 1. The van der Waals surface area contributed by atoms with Gasteiger partial charge in [-0.1, -0.05) is 49.6 Å². The summed E-state index contributed by atoms with van der Waals surface area (Å²) in [4.78, 5) is 12.3. The van der Waals surface area contributed by atoms with E-state index in [1.807, 2.05) is 0 Å². The van der Waals surface area contributed by atoms with E-state index < -0.39 is 0 Å². The van der Waals surface area contributed by atoms with Gasteiger partial charge in [-0.25, -0.2) is 0 Å². The zero-order chi connectivity index (χ0) is 15.3. The minimum absolute atomic E-state index is 0.0214. The average Bonchev–Trinajstić information content (AvgIpc) is 2.62. The molecule has 3 rings (SSSR count). The van der Waals surface area contributed by atoms with Crippen molar-refractivity contribution in [1.29, 1.82) is 0 Å². The zero-order valence-corrected chi connectivity index (χ0v) is 13.1. The highest BCUT2D eigenvalue weighted by Gasteiger charge is 2.35. The van der Waals surface area contributed by atoms with Crippen LogP contribution in [0.1, 0.15) is 37.7 Å². The van der Waals surface area contributed by atoms with Gasteiger partial charge in [0.25, 0.3) is 0 Å². The summed E-state index contributed by atoms with van der Waals surface area (Å²) in [6.45, 7) is 2.78.